The summed E-state index contributed by atoms with van der Waals surface area (Å²) in [6.45, 7) is 2.14. The van der Waals surface area contributed by atoms with Gasteiger partial charge in [-0.2, -0.15) is 13.2 Å². The quantitative estimate of drug-likeness (QED) is 0.505. The lowest BCUT2D eigenvalue weighted by Gasteiger charge is -2.26. The summed E-state index contributed by atoms with van der Waals surface area (Å²) in [5.74, 6) is 0. The number of benzene rings is 1. The van der Waals surface area contributed by atoms with Gasteiger partial charge >= 0.3 is 6.18 Å². The van der Waals surface area contributed by atoms with Crippen LogP contribution in [0.5, 0.6) is 0 Å². The predicted octanol–water partition coefficient (Wildman–Crippen LogP) is 6.36. The highest BCUT2D eigenvalue weighted by atomic mass is 32.1. The molecule has 0 amide bonds. The van der Waals surface area contributed by atoms with Gasteiger partial charge in [0, 0.05) is 15.2 Å². The zero-order chi connectivity index (χ0) is 16.2. The molecule has 2 aromatic heterocycles. The summed E-state index contributed by atoms with van der Waals surface area (Å²) in [6, 6.07) is 9.92. The molecule has 118 valence electrons. The number of thiophene rings is 2. The number of hydrogen-bond donors (Lipinski definition) is 0. The molecule has 4 rings (SSSR count). The molecular weight excluding hydrogens is 337 g/mol. The maximum atomic E-state index is 13.0. The molecule has 0 bridgehead atoms. The molecule has 1 aliphatic rings. The Hall–Kier alpha value is -1.59. The van der Waals surface area contributed by atoms with Crippen molar-refractivity contribution >= 4 is 22.7 Å². The van der Waals surface area contributed by atoms with E-state index in [1.54, 1.807) is 28.7 Å². The van der Waals surface area contributed by atoms with Crippen LogP contribution >= 0.6 is 22.7 Å². The van der Waals surface area contributed by atoms with Crippen LogP contribution in [0, 0.1) is 0 Å². The van der Waals surface area contributed by atoms with Gasteiger partial charge in [0.15, 0.2) is 0 Å². The normalized spacial score (nSPS) is 15.5. The van der Waals surface area contributed by atoms with Crippen LogP contribution in [0.2, 0.25) is 0 Å². The largest absolute Gasteiger partial charge is 0.416 e. The minimum absolute atomic E-state index is 0.255. The predicted molar refractivity (Wildman–Crippen MR) is 89.2 cm³/mol. The van der Waals surface area contributed by atoms with Crippen molar-refractivity contribution in [3.63, 3.8) is 0 Å². The third kappa shape index (κ3) is 2.25. The first-order chi connectivity index (χ1) is 10.9. The second-order valence-electron chi connectivity index (χ2n) is 6.03. The number of alkyl halides is 3. The Morgan fingerprint density at radius 1 is 0.957 bits per heavy atom. The van der Waals surface area contributed by atoms with Crippen LogP contribution in [0.3, 0.4) is 0 Å². The molecule has 0 radical (unpaired) electrons. The van der Waals surface area contributed by atoms with Crippen LogP contribution in [0.25, 0.3) is 9.75 Å². The summed E-state index contributed by atoms with van der Waals surface area (Å²) in [4.78, 5) is 2.54. The molecule has 5 heteroatoms. The first-order valence-electron chi connectivity index (χ1n) is 7.22. The number of fused-ring (bicyclic) bond motifs is 3. The van der Waals surface area contributed by atoms with Gasteiger partial charge in [-0.25, -0.2) is 0 Å². The standard InChI is InChI=1S/C18H13F3S2/c1-17(10-11-3-2-4-12(9-11)18(19,20)21)13-5-7-22-15(13)16-14(17)6-8-23-16/h2-9H,10H2,1H3. The summed E-state index contributed by atoms with van der Waals surface area (Å²) >= 11 is 3.42. The molecule has 1 aromatic carbocycles. The first-order valence-corrected chi connectivity index (χ1v) is 8.98. The van der Waals surface area contributed by atoms with Gasteiger partial charge in [-0.1, -0.05) is 25.1 Å². The summed E-state index contributed by atoms with van der Waals surface area (Å²) in [7, 11) is 0. The fraction of sp³-hybridized carbons (Fsp3) is 0.222. The second kappa shape index (κ2) is 4.95. The van der Waals surface area contributed by atoms with E-state index in [1.807, 2.05) is 0 Å². The molecule has 2 heterocycles. The third-order valence-corrected chi connectivity index (χ3v) is 6.53. The van der Waals surface area contributed by atoms with Gasteiger partial charge in [0.1, 0.15) is 0 Å². The van der Waals surface area contributed by atoms with Gasteiger partial charge < -0.3 is 0 Å². The van der Waals surface area contributed by atoms with Gasteiger partial charge in [0.05, 0.1) is 5.56 Å². The fourth-order valence-corrected chi connectivity index (χ4v) is 5.68. The number of hydrogen-bond acceptors (Lipinski definition) is 2. The van der Waals surface area contributed by atoms with E-state index in [-0.39, 0.29) is 5.41 Å². The summed E-state index contributed by atoms with van der Waals surface area (Å²) in [5, 5.41) is 4.13. The van der Waals surface area contributed by atoms with Crippen LogP contribution in [-0.4, -0.2) is 0 Å². The van der Waals surface area contributed by atoms with E-state index >= 15 is 0 Å². The minimum atomic E-state index is -4.30. The number of rotatable bonds is 2. The molecule has 1 aliphatic carbocycles. The van der Waals surface area contributed by atoms with Crippen molar-refractivity contribution in [3.05, 3.63) is 69.4 Å². The molecule has 0 spiro atoms. The van der Waals surface area contributed by atoms with Gasteiger partial charge in [0.2, 0.25) is 0 Å². The van der Waals surface area contributed by atoms with Crippen molar-refractivity contribution in [1.82, 2.24) is 0 Å². The topological polar surface area (TPSA) is 0 Å². The van der Waals surface area contributed by atoms with Crippen molar-refractivity contribution in [2.75, 3.05) is 0 Å². The van der Waals surface area contributed by atoms with Crippen molar-refractivity contribution < 1.29 is 13.2 Å². The highest BCUT2D eigenvalue weighted by molar-refractivity contribution is 7.21. The van der Waals surface area contributed by atoms with Gasteiger partial charge in [-0.3, -0.25) is 0 Å². The Labute approximate surface area is 140 Å². The van der Waals surface area contributed by atoms with Gasteiger partial charge in [-0.05, 0) is 52.1 Å². The average molecular weight is 350 g/mol. The molecule has 0 nitrogen and oxygen atoms in total. The van der Waals surface area contributed by atoms with Gasteiger partial charge in [-0.15, -0.1) is 22.7 Å². The van der Waals surface area contributed by atoms with Crippen molar-refractivity contribution in [1.29, 1.82) is 0 Å². The smallest absolute Gasteiger partial charge is 0.166 e. The minimum Gasteiger partial charge on any atom is -0.166 e. The van der Waals surface area contributed by atoms with E-state index in [9.17, 15) is 13.2 Å². The Bertz CT molecular complexity index is 830. The molecule has 23 heavy (non-hydrogen) atoms. The lowest BCUT2D eigenvalue weighted by Crippen LogP contribution is -2.23. The molecule has 0 atom stereocenters. The summed E-state index contributed by atoms with van der Waals surface area (Å²) in [5.41, 5.74) is 2.37. The molecule has 0 saturated heterocycles. The van der Waals surface area contributed by atoms with Crippen LogP contribution in [-0.2, 0) is 18.0 Å². The molecule has 0 saturated carbocycles. The van der Waals surface area contributed by atoms with Crippen LogP contribution in [0.1, 0.15) is 29.2 Å². The van der Waals surface area contributed by atoms with E-state index in [0.717, 1.165) is 11.6 Å². The van der Waals surface area contributed by atoms with Crippen molar-refractivity contribution in [2.24, 2.45) is 0 Å². The molecule has 0 aliphatic heterocycles. The van der Waals surface area contributed by atoms with Crippen molar-refractivity contribution in [3.8, 4) is 9.75 Å². The number of halogens is 3. The van der Waals surface area contributed by atoms with E-state index in [4.69, 9.17) is 0 Å². The van der Waals surface area contributed by atoms with E-state index < -0.39 is 11.7 Å². The molecule has 0 N–H and O–H groups in total. The Morgan fingerprint density at radius 3 is 2.13 bits per heavy atom. The maximum Gasteiger partial charge on any atom is 0.416 e. The SMILES string of the molecule is CC1(Cc2cccc(C(F)(F)F)c2)c2ccsc2-c2sccc21. The Kier molecular flexibility index (Phi) is 3.22. The van der Waals surface area contributed by atoms with E-state index in [0.29, 0.717) is 6.42 Å². The lowest BCUT2D eigenvalue weighted by molar-refractivity contribution is -0.137. The summed E-state index contributed by atoms with van der Waals surface area (Å²) < 4.78 is 38.9. The molecule has 3 aromatic rings. The van der Waals surface area contributed by atoms with Crippen LogP contribution in [0.4, 0.5) is 13.2 Å². The van der Waals surface area contributed by atoms with E-state index in [2.05, 4.69) is 29.8 Å². The van der Waals surface area contributed by atoms with Crippen molar-refractivity contribution in [2.45, 2.75) is 24.9 Å². The highest BCUT2D eigenvalue weighted by Crippen LogP contribution is 2.54. The van der Waals surface area contributed by atoms with Crippen LogP contribution in [0.15, 0.2) is 47.2 Å². The molecule has 0 unspecified atom stereocenters. The van der Waals surface area contributed by atoms with Crippen LogP contribution < -0.4 is 0 Å². The monoisotopic (exact) mass is 350 g/mol. The molecule has 0 fully saturated rings. The fourth-order valence-electron chi connectivity index (χ4n) is 3.44. The average Bonchev–Trinajstić information content (AvgIpc) is 3.18. The zero-order valence-electron chi connectivity index (χ0n) is 12.3. The summed E-state index contributed by atoms with van der Waals surface area (Å²) in [6.07, 6.45) is -3.72. The maximum absolute atomic E-state index is 13.0. The first kappa shape index (κ1) is 15.0. The van der Waals surface area contributed by atoms with E-state index in [1.165, 1.54) is 33.0 Å². The molecular formula is C18H13F3S2. The zero-order valence-corrected chi connectivity index (χ0v) is 13.9. The second-order valence-corrected chi connectivity index (χ2v) is 7.87. The third-order valence-electron chi connectivity index (χ3n) is 4.54. The highest BCUT2D eigenvalue weighted by Gasteiger charge is 2.41. The lowest BCUT2D eigenvalue weighted by atomic mass is 9.76. The van der Waals surface area contributed by atoms with Gasteiger partial charge in [0.25, 0.3) is 0 Å². The Balaban J connectivity index is 1.78. The Morgan fingerprint density at radius 2 is 1.57 bits per heavy atom.